The first kappa shape index (κ1) is 47.7. The molecule has 4 rings (SSSR count). The van der Waals surface area contributed by atoms with Crippen molar-refractivity contribution in [3.8, 4) is 22.5 Å². The summed E-state index contributed by atoms with van der Waals surface area (Å²) in [6, 6.07) is 20.0. The maximum absolute atomic E-state index is 14.5. The topological polar surface area (TPSA) is 164 Å². The van der Waals surface area contributed by atoms with Crippen molar-refractivity contribution in [1.82, 2.24) is 14.8 Å². The highest BCUT2D eigenvalue weighted by Gasteiger charge is 2.27. The molecule has 1 heterocycles. The molecule has 15 nitrogen and oxygen atoms in total. The van der Waals surface area contributed by atoms with E-state index in [2.05, 4.69) is 88.9 Å². The van der Waals surface area contributed by atoms with Gasteiger partial charge in [-0.1, -0.05) is 23.3 Å². The van der Waals surface area contributed by atoms with Crippen LogP contribution in [0.2, 0.25) is 0 Å². The average Bonchev–Trinajstić information content (AvgIpc) is 3.26. The van der Waals surface area contributed by atoms with E-state index in [0.29, 0.717) is 84.7 Å². The molecule has 2 aliphatic rings. The number of benzene rings is 3. The van der Waals surface area contributed by atoms with Crippen LogP contribution in [0.3, 0.4) is 0 Å². The molecule has 1 aliphatic carbocycles. The standard InChI is InChI=1S/C45H63N7O8/c1-7-50(8-2)35-15-17-39-41(31-35)60-42-32-36(51(9-3)10-4)16-18-40(42)44(39)37-13-11-12-14-38(37)45(54)52(34(5)6)33-43(53)47-19-21-55-23-25-57-27-29-59-30-28-58-26-24-56-22-20-48-49-46/h11-18,31-32,34H,7-10,19-30,33H2,1-6H3/p+1. The van der Waals surface area contributed by atoms with Crippen molar-refractivity contribution in [3.63, 3.8) is 0 Å². The van der Waals surface area contributed by atoms with E-state index in [0.717, 1.165) is 70.6 Å². The molecule has 1 aliphatic heterocycles. The first-order chi connectivity index (χ1) is 29.3. The van der Waals surface area contributed by atoms with Crippen LogP contribution in [0, 0.1) is 0 Å². The van der Waals surface area contributed by atoms with E-state index in [1.54, 1.807) is 4.90 Å². The van der Waals surface area contributed by atoms with E-state index in [-0.39, 0.29) is 24.4 Å². The zero-order valence-electron chi connectivity index (χ0n) is 36.3. The summed E-state index contributed by atoms with van der Waals surface area (Å²) in [6.07, 6.45) is 0. The zero-order chi connectivity index (χ0) is 43.1. The maximum Gasteiger partial charge on any atom is 0.255 e. The summed E-state index contributed by atoms with van der Waals surface area (Å²) in [6.45, 7) is 20.4. The van der Waals surface area contributed by atoms with Crippen molar-refractivity contribution < 1.29 is 37.7 Å². The Bertz CT molecular complexity index is 2020. The van der Waals surface area contributed by atoms with Crippen molar-refractivity contribution in [2.24, 2.45) is 5.11 Å². The van der Waals surface area contributed by atoms with E-state index in [1.807, 2.05) is 38.1 Å². The van der Waals surface area contributed by atoms with Gasteiger partial charge in [0.25, 0.3) is 5.91 Å². The lowest BCUT2D eigenvalue weighted by Gasteiger charge is -2.28. The monoisotopic (exact) mass is 830 g/mol. The van der Waals surface area contributed by atoms with Gasteiger partial charge in [-0.05, 0) is 76.9 Å². The quantitative estimate of drug-likeness (QED) is 0.0175. The molecule has 0 unspecified atom stereocenters. The van der Waals surface area contributed by atoms with Gasteiger partial charge in [-0.15, -0.1) is 0 Å². The lowest BCUT2D eigenvalue weighted by atomic mass is 9.90. The number of azide groups is 1. The van der Waals surface area contributed by atoms with Crippen LogP contribution in [-0.2, 0) is 28.5 Å². The van der Waals surface area contributed by atoms with Gasteiger partial charge in [0.15, 0.2) is 0 Å². The summed E-state index contributed by atoms with van der Waals surface area (Å²) in [5, 5.41) is 8.26. The Morgan fingerprint density at radius 2 is 1.40 bits per heavy atom. The number of nitrogens with zero attached hydrogens (tertiary/aromatic N) is 6. The first-order valence-electron chi connectivity index (χ1n) is 21.2. The summed E-state index contributed by atoms with van der Waals surface area (Å²) >= 11 is 0. The Balaban J connectivity index is 1.35. The molecule has 0 spiro atoms. The number of amides is 2. The van der Waals surface area contributed by atoms with E-state index in [4.69, 9.17) is 33.6 Å². The van der Waals surface area contributed by atoms with E-state index in [9.17, 15) is 9.59 Å². The molecule has 0 aromatic heterocycles. The molecular formula is C45H64N7O8+. The molecule has 0 atom stereocenters. The fourth-order valence-corrected chi connectivity index (χ4v) is 6.86. The lowest BCUT2D eigenvalue weighted by Crippen LogP contribution is -2.45. The van der Waals surface area contributed by atoms with Gasteiger partial charge < -0.3 is 43.2 Å². The second-order valence-electron chi connectivity index (χ2n) is 14.1. The van der Waals surface area contributed by atoms with Crippen molar-refractivity contribution in [1.29, 1.82) is 0 Å². The van der Waals surface area contributed by atoms with Crippen molar-refractivity contribution >= 4 is 28.5 Å². The minimum atomic E-state index is -0.268. The van der Waals surface area contributed by atoms with Gasteiger partial charge in [0.2, 0.25) is 11.3 Å². The highest BCUT2D eigenvalue weighted by atomic mass is 16.6. The molecule has 15 heteroatoms. The molecular weight excluding hydrogens is 767 g/mol. The molecule has 1 N–H and O–H groups in total. The summed E-state index contributed by atoms with van der Waals surface area (Å²) in [4.78, 5) is 34.3. The van der Waals surface area contributed by atoms with Crippen LogP contribution >= 0.6 is 0 Å². The predicted octanol–water partition coefficient (Wildman–Crippen LogP) is 6.22. The van der Waals surface area contributed by atoms with E-state index < -0.39 is 0 Å². The van der Waals surface area contributed by atoms with Crippen molar-refractivity contribution in [2.45, 2.75) is 47.6 Å². The Morgan fingerprint density at radius 3 is 2.00 bits per heavy atom. The number of anilines is 1. The summed E-state index contributed by atoms with van der Waals surface area (Å²) in [5.41, 5.74) is 13.1. The molecule has 2 aromatic rings. The predicted molar refractivity (Wildman–Crippen MR) is 235 cm³/mol. The third kappa shape index (κ3) is 14.0. The smallest absolute Gasteiger partial charge is 0.255 e. The highest BCUT2D eigenvalue weighted by molar-refractivity contribution is 6.10. The number of ether oxygens (including phenoxy) is 5. The lowest BCUT2D eigenvalue weighted by molar-refractivity contribution is -0.122. The number of nitrogens with one attached hydrogen (secondary N) is 1. The Morgan fingerprint density at radius 1 is 0.783 bits per heavy atom. The molecule has 0 fully saturated rings. The van der Waals surface area contributed by atoms with Crippen LogP contribution in [0.25, 0.3) is 43.9 Å². The Hall–Kier alpha value is -5.02. The third-order valence-corrected chi connectivity index (χ3v) is 10.0. The molecule has 0 saturated heterocycles. The molecule has 0 radical (unpaired) electrons. The van der Waals surface area contributed by atoms with Gasteiger partial charge in [-0.2, -0.15) is 0 Å². The highest BCUT2D eigenvalue weighted by Crippen LogP contribution is 2.42. The van der Waals surface area contributed by atoms with Crippen LogP contribution in [-0.4, -0.2) is 135 Å². The van der Waals surface area contributed by atoms with Crippen molar-refractivity contribution in [3.05, 3.63) is 82.0 Å². The second-order valence-corrected chi connectivity index (χ2v) is 14.1. The zero-order valence-corrected chi connectivity index (χ0v) is 36.3. The minimum absolute atomic E-state index is 0.0995. The maximum atomic E-state index is 14.5. The van der Waals surface area contributed by atoms with Gasteiger partial charge in [-0.25, -0.2) is 4.58 Å². The van der Waals surface area contributed by atoms with Gasteiger partial charge in [0.05, 0.1) is 72.1 Å². The summed E-state index contributed by atoms with van der Waals surface area (Å²) in [5.74, 6) is 0.240. The van der Waals surface area contributed by atoms with E-state index >= 15 is 0 Å². The van der Waals surface area contributed by atoms with Crippen LogP contribution in [0.4, 0.5) is 5.69 Å². The number of carbonyl (C=O) groups is 2. The SMILES string of the molecule is CCN(CC)c1ccc2c(-c3ccccc3C(=O)N(CC(=O)NCCOCCOCCOCCOCCOCCN=[N+]=[N-])C(C)C)c3ccc(=[N+](CC)CC)cc-3oc2c1. The summed E-state index contributed by atoms with van der Waals surface area (Å²) < 4.78 is 36.3. The number of fused-ring (bicyclic) bond motifs is 2. The molecule has 60 heavy (non-hydrogen) atoms. The molecule has 326 valence electrons. The third-order valence-electron chi connectivity index (χ3n) is 10.0. The normalized spacial score (nSPS) is 11.2. The van der Waals surface area contributed by atoms with Crippen molar-refractivity contribution in [2.75, 3.05) is 117 Å². The van der Waals surface area contributed by atoms with Gasteiger partial charge in [0, 0.05) is 77.0 Å². The van der Waals surface area contributed by atoms with Crippen LogP contribution < -0.4 is 20.1 Å². The minimum Gasteiger partial charge on any atom is -0.456 e. The van der Waals surface area contributed by atoms with Crippen LogP contribution in [0.5, 0.6) is 0 Å². The number of hydrogen-bond acceptors (Lipinski definition) is 10. The number of hydrogen-bond donors (Lipinski definition) is 1. The number of carbonyl (C=O) groups excluding carboxylic acids is 2. The van der Waals surface area contributed by atoms with Crippen LogP contribution in [0.1, 0.15) is 51.9 Å². The average molecular weight is 831 g/mol. The van der Waals surface area contributed by atoms with E-state index in [1.165, 1.54) is 0 Å². The second kappa shape index (κ2) is 26.2. The Kier molecular flexibility index (Phi) is 20.8. The van der Waals surface area contributed by atoms with Gasteiger partial charge >= 0.3 is 0 Å². The van der Waals surface area contributed by atoms with Gasteiger partial charge in [0.1, 0.15) is 31.0 Å². The summed E-state index contributed by atoms with van der Waals surface area (Å²) in [7, 11) is 0. The molecule has 0 bridgehead atoms. The molecule has 2 aromatic carbocycles. The van der Waals surface area contributed by atoms with Gasteiger partial charge in [-0.3, -0.25) is 9.59 Å². The fraction of sp³-hybridized carbons (Fsp3) is 0.533. The first-order valence-corrected chi connectivity index (χ1v) is 21.2. The van der Waals surface area contributed by atoms with Crippen LogP contribution in [0.15, 0.2) is 70.2 Å². The number of rotatable bonds is 28. The molecule has 0 saturated carbocycles. The molecule has 2 amide bonds. The Labute approximate surface area is 354 Å². The fourth-order valence-electron chi connectivity index (χ4n) is 6.86. The largest absolute Gasteiger partial charge is 0.456 e.